The summed E-state index contributed by atoms with van der Waals surface area (Å²) in [6, 6.07) is 8.16. The molecule has 1 aromatic rings. The van der Waals surface area contributed by atoms with Crippen LogP contribution in [0.3, 0.4) is 0 Å². The van der Waals surface area contributed by atoms with Gasteiger partial charge in [0.15, 0.2) is 0 Å². The third-order valence-corrected chi connectivity index (χ3v) is 3.46. The Morgan fingerprint density at radius 3 is 2.33 bits per heavy atom. The van der Waals surface area contributed by atoms with Crippen molar-refractivity contribution in [2.24, 2.45) is 5.92 Å². The van der Waals surface area contributed by atoms with Crippen LogP contribution in [0.1, 0.15) is 27.2 Å². The molecule has 18 heavy (non-hydrogen) atoms. The number of nitrogen functional groups attached to an aromatic ring is 1. The van der Waals surface area contributed by atoms with Crippen molar-refractivity contribution in [3.63, 3.8) is 0 Å². The fourth-order valence-electron chi connectivity index (χ4n) is 1.78. The second kappa shape index (κ2) is 7.27. The van der Waals surface area contributed by atoms with E-state index in [-0.39, 0.29) is 0 Å². The van der Waals surface area contributed by atoms with Crippen LogP contribution < -0.4 is 10.5 Å². The van der Waals surface area contributed by atoms with E-state index in [1.807, 2.05) is 24.3 Å². The van der Waals surface area contributed by atoms with Crippen molar-refractivity contribution < 1.29 is 4.74 Å². The van der Waals surface area contributed by atoms with Gasteiger partial charge in [-0.25, -0.2) is 0 Å². The number of benzene rings is 1. The smallest absolute Gasteiger partial charge is 0.119 e. The number of nitrogens with two attached hydrogens (primary N) is 1. The van der Waals surface area contributed by atoms with Gasteiger partial charge in [-0.05, 0) is 50.6 Å². The fraction of sp³-hybridized carbons (Fsp3) is 0.600. The molecule has 1 unspecified atom stereocenters. The second-order valence-corrected chi connectivity index (χ2v) is 5.24. The molecule has 0 spiro atoms. The van der Waals surface area contributed by atoms with Crippen molar-refractivity contribution >= 4 is 5.69 Å². The highest BCUT2D eigenvalue weighted by Gasteiger charge is 2.12. The van der Waals surface area contributed by atoms with Crippen molar-refractivity contribution in [2.75, 3.05) is 25.9 Å². The van der Waals surface area contributed by atoms with Gasteiger partial charge in [0.2, 0.25) is 0 Å². The number of hydrogen-bond donors (Lipinski definition) is 1. The van der Waals surface area contributed by atoms with Gasteiger partial charge in [-0.2, -0.15) is 0 Å². The number of nitrogens with zero attached hydrogens (tertiary/aromatic N) is 1. The zero-order valence-corrected chi connectivity index (χ0v) is 12.0. The highest BCUT2D eigenvalue weighted by atomic mass is 16.5. The Morgan fingerprint density at radius 1 is 1.17 bits per heavy atom. The first-order valence-corrected chi connectivity index (χ1v) is 6.69. The van der Waals surface area contributed by atoms with Crippen LogP contribution in [-0.4, -0.2) is 31.1 Å². The maximum Gasteiger partial charge on any atom is 0.119 e. The molecule has 0 amide bonds. The van der Waals surface area contributed by atoms with E-state index in [1.54, 1.807) is 0 Å². The largest absolute Gasteiger partial charge is 0.494 e. The SMILES string of the molecule is CC(C)C(C)N(C)CCCOc1ccc(N)cc1. The molecule has 0 aliphatic rings. The molecule has 1 atom stereocenters. The van der Waals surface area contributed by atoms with Crippen LogP contribution in [-0.2, 0) is 0 Å². The topological polar surface area (TPSA) is 38.5 Å². The predicted octanol–water partition coefficient (Wildman–Crippen LogP) is 3.01. The predicted molar refractivity (Wildman–Crippen MR) is 77.9 cm³/mol. The van der Waals surface area contributed by atoms with E-state index in [0.29, 0.717) is 12.0 Å². The molecule has 0 radical (unpaired) electrons. The Balaban J connectivity index is 2.20. The number of rotatable bonds is 7. The monoisotopic (exact) mass is 250 g/mol. The molecular formula is C15H26N2O. The van der Waals surface area contributed by atoms with Crippen LogP contribution >= 0.6 is 0 Å². The molecule has 0 saturated carbocycles. The number of hydrogen-bond acceptors (Lipinski definition) is 3. The Morgan fingerprint density at radius 2 is 1.78 bits per heavy atom. The summed E-state index contributed by atoms with van der Waals surface area (Å²) in [5.74, 6) is 1.58. The summed E-state index contributed by atoms with van der Waals surface area (Å²) in [6.07, 6.45) is 1.04. The zero-order valence-electron chi connectivity index (χ0n) is 12.0. The van der Waals surface area contributed by atoms with Gasteiger partial charge in [0, 0.05) is 18.3 Å². The summed E-state index contributed by atoms with van der Waals surface area (Å²) in [4.78, 5) is 2.39. The van der Waals surface area contributed by atoms with Gasteiger partial charge in [-0.15, -0.1) is 0 Å². The molecule has 1 rings (SSSR count). The lowest BCUT2D eigenvalue weighted by Crippen LogP contribution is -2.34. The van der Waals surface area contributed by atoms with Crippen LogP contribution in [0, 0.1) is 5.92 Å². The summed E-state index contributed by atoms with van der Waals surface area (Å²) < 4.78 is 5.67. The molecule has 3 heteroatoms. The van der Waals surface area contributed by atoms with Crippen LogP contribution in [0.25, 0.3) is 0 Å². The number of ether oxygens (including phenoxy) is 1. The van der Waals surface area contributed by atoms with Gasteiger partial charge in [0.25, 0.3) is 0 Å². The second-order valence-electron chi connectivity index (χ2n) is 5.24. The normalized spacial score (nSPS) is 13.0. The maximum absolute atomic E-state index is 5.67. The van der Waals surface area contributed by atoms with Gasteiger partial charge in [-0.3, -0.25) is 0 Å². The van der Waals surface area contributed by atoms with Gasteiger partial charge in [0.1, 0.15) is 5.75 Å². The summed E-state index contributed by atoms with van der Waals surface area (Å²) in [7, 11) is 2.17. The molecule has 0 heterocycles. The zero-order chi connectivity index (χ0) is 13.5. The lowest BCUT2D eigenvalue weighted by atomic mass is 10.1. The van der Waals surface area contributed by atoms with E-state index in [1.165, 1.54) is 0 Å². The lowest BCUT2D eigenvalue weighted by Gasteiger charge is -2.27. The molecule has 0 aliphatic carbocycles. The minimum atomic E-state index is 0.613. The van der Waals surface area contributed by atoms with E-state index in [4.69, 9.17) is 10.5 Å². The summed E-state index contributed by atoms with van der Waals surface area (Å²) in [5.41, 5.74) is 6.39. The third kappa shape index (κ3) is 4.96. The number of anilines is 1. The highest BCUT2D eigenvalue weighted by molar-refractivity contribution is 5.41. The third-order valence-electron chi connectivity index (χ3n) is 3.46. The summed E-state index contributed by atoms with van der Waals surface area (Å²) in [5, 5.41) is 0. The lowest BCUT2D eigenvalue weighted by molar-refractivity contribution is 0.189. The van der Waals surface area contributed by atoms with Crippen LogP contribution in [0.2, 0.25) is 0 Å². The molecule has 0 fully saturated rings. The first-order valence-electron chi connectivity index (χ1n) is 6.69. The van der Waals surface area contributed by atoms with E-state index in [0.717, 1.165) is 31.0 Å². The summed E-state index contributed by atoms with van der Waals surface area (Å²) in [6.45, 7) is 8.59. The molecule has 2 N–H and O–H groups in total. The molecule has 1 aromatic carbocycles. The minimum Gasteiger partial charge on any atom is -0.494 e. The molecule has 0 aromatic heterocycles. The molecule has 3 nitrogen and oxygen atoms in total. The minimum absolute atomic E-state index is 0.613. The van der Waals surface area contributed by atoms with E-state index < -0.39 is 0 Å². The fourth-order valence-corrected chi connectivity index (χ4v) is 1.78. The standard InChI is InChI=1S/C15H26N2O/c1-12(2)13(3)17(4)10-5-11-18-15-8-6-14(16)7-9-15/h6-9,12-13H,5,10-11,16H2,1-4H3. The van der Waals surface area contributed by atoms with Gasteiger partial charge < -0.3 is 15.4 Å². The van der Waals surface area contributed by atoms with Crippen LogP contribution in [0.15, 0.2) is 24.3 Å². The average molecular weight is 250 g/mol. The average Bonchev–Trinajstić information content (AvgIpc) is 2.35. The van der Waals surface area contributed by atoms with Crippen molar-refractivity contribution in [3.8, 4) is 5.75 Å². The van der Waals surface area contributed by atoms with Crippen molar-refractivity contribution in [1.82, 2.24) is 4.90 Å². The van der Waals surface area contributed by atoms with E-state index >= 15 is 0 Å². The van der Waals surface area contributed by atoms with E-state index in [9.17, 15) is 0 Å². The molecular weight excluding hydrogens is 224 g/mol. The Hall–Kier alpha value is -1.22. The first kappa shape index (κ1) is 14.8. The molecule has 0 saturated heterocycles. The van der Waals surface area contributed by atoms with Crippen molar-refractivity contribution in [2.45, 2.75) is 33.2 Å². The van der Waals surface area contributed by atoms with Crippen LogP contribution in [0.4, 0.5) is 5.69 Å². The highest BCUT2D eigenvalue weighted by Crippen LogP contribution is 2.13. The maximum atomic E-state index is 5.67. The molecule has 0 bridgehead atoms. The van der Waals surface area contributed by atoms with Gasteiger partial charge in [-0.1, -0.05) is 13.8 Å². The molecule has 0 aliphatic heterocycles. The molecule has 102 valence electrons. The van der Waals surface area contributed by atoms with Crippen molar-refractivity contribution in [3.05, 3.63) is 24.3 Å². The Labute approximate surface area is 111 Å². The first-order chi connectivity index (χ1) is 8.50. The van der Waals surface area contributed by atoms with Crippen LogP contribution in [0.5, 0.6) is 5.75 Å². The van der Waals surface area contributed by atoms with Crippen molar-refractivity contribution in [1.29, 1.82) is 0 Å². The Bertz CT molecular complexity index is 335. The van der Waals surface area contributed by atoms with Gasteiger partial charge >= 0.3 is 0 Å². The van der Waals surface area contributed by atoms with Gasteiger partial charge in [0.05, 0.1) is 6.61 Å². The Kier molecular flexibility index (Phi) is 5.99. The quantitative estimate of drug-likeness (QED) is 0.597. The summed E-state index contributed by atoms with van der Waals surface area (Å²) >= 11 is 0. The van der Waals surface area contributed by atoms with E-state index in [2.05, 4.69) is 32.7 Å².